The van der Waals surface area contributed by atoms with Crippen LogP contribution in [0.1, 0.15) is 26.2 Å². The molecule has 0 aromatic heterocycles. The molecule has 0 fully saturated rings. The number of halogens is 1. The van der Waals surface area contributed by atoms with Gasteiger partial charge in [0.1, 0.15) is 0 Å². The molecule has 0 aromatic rings. The molecular formula is C7H15BrOS. The van der Waals surface area contributed by atoms with Gasteiger partial charge < -0.3 is 0 Å². The molecule has 0 saturated carbocycles. The molecule has 0 aliphatic carbocycles. The van der Waals surface area contributed by atoms with Crippen molar-refractivity contribution in [3.63, 3.8) is 0 Å². The topological polar surface area (TPSA) is 17.1 Å². The molecule has 0 aromatic carbocycles. The Kier molecular flexibility index (Phi) is 6.75. The van der Waals surface area contributed by atoms with Crippen LogP contribution >= 0.6 is 15.9 Å². The molecule has 0 N–H and O–H groups in total. The van der Waals surface area contributed by atoms with Gasteiger partial charge in [-0.25, -0.2) is 0 Å². The largest absolute Gasteiger partial charge is 0.260 e. The smallest absolute Gasteiger partial charge is 0.0232 e. The molecule has 0 radical (unpaired) electrons. The van der Waals surface area contributed by atoms with Gasteiger partial charge in [0.2, 0.25) is 0 Å². The number of hydrogen-bond donors (Lipinski definition) is 0. The molecule has 2 unspecified atom stereocenters. The first-order chi connectivity index (χ1) is 4.63. The molecule has 0 rings (SSSR count). The molecule has 1 nitrogen and oxygen atoms in total. The average molecular weight is 227 g/mol. The first-order valence-electron chi connectivity index (χ1n) is 3.57. The maximum Gasteiger partial charge on any atom is 0.0232 e. The molecule has 2 atom stereocenters. The van der Waals surface area contributed by atoms with E-state index in [4.69, 9.17) is 0 Å². The first-order valence-corrected chi connectivity index (χ1v) is 6.21. The van der Waals surface area contributed by atoms with Crippen molar-refractivity contribution in [2.75, 3.05) is 12.0 Å². The Labute approximate surface area is 74.2 Å². The van der Waals surface area contributed by atoms with Crippen LogP contribution in [0.3, 0.4) is 0 Å². The van der Waals surface area contributed by atoms with Gasteiger partial charge in [-0.2, -0.15) is 0 Å². The lowest BCUT2D eigenvalue weighted by Crippen LogP contribution is -1.96. The molecule has 10 heavy (non-hydrogen) atoms. The fraction of sp³-hybridized carbons (Fsp3) is 1.00. The molecule has 62 valence electrons. The van der Waals surface area contributed by atoms with Crippen molar-refractivity contribution >= 4 is 26.7 Å². The van der Waals surface area contributed by atoms with E-state index in [0.29, 0.717) is 4.83 Å². The quantitative estimate of drug-likeness (QED) is 0.520. The highest BCUT2D eigenvalue weighted by Crippen LogP contribution is 2.08. The van der Waals surface area contributed by atoms with Crippen LogP contribution in [0.25, 0.3) is 0 Å². The van der Waals surface area contributed by atoms with Crippen molar-refractivity contribution in [1.29, 1.82) is 0 Å². The number of rotatable bonds is 5. The Balaban J connectivity index is 2.98. The molecule has 0 bridgehead atoms. The second-order valence-electron chi connectivity index (χ2n) is 2.55. The zero-order valence-electron chi connectivity index (χ0n) is 6.60. The van der Waals surface area contributed by atoms with Crippen molar-refractivity contribution in [3.8, 4) is 0 Å². The molecule has 0 amide bonds. The third-order valence-electron chi connectivity index (χ3n) is 1.28. The number of alkyl halides is 1. The Bertz CT molecular complexity index is 104. The summed E-state index contributed by atoms with van der Waals surface area (Å²) in [4.78, 5) is 0.609. The predicted octanol–water partition coefficient (Wildman–Crippen LogP) is 2.32. The van der Waals surface area contributed by atoms with E-state index in [1.54, 1.807) is 6.26 Å². The van der Waals surface area contributed by atoms with Crippen LogP contribution in [0.4, 0.5) is 0 Å². The van der Waals surface area contributed by atoms with E-state index in [1.807, 2.05) is 0 Å². The highest BCUT2D eigenvalue weighted by molar-refractivity contribution is 9.09. The summed E-state index contributed by atoms with van der Waals surface area (Å²) in [5, 5.41) is 0. The highest BCUT2D eigenvalue weighted by Gasteiger charge is 1.96. The fourth-order valence-electron chi connectivity index (χ4n) is 0.731. The van der Waals surface area contributed by atoms with Crippen LogP contribution < -0.4 is 0 Å². The second-order valence-corrected chi connectivity index (χ2v) is 5.67. The van der Waals surface area contributed by atoms with E-state index in [-0.39, 0.29) is 0 Å². The zero-order valence-corrected chi connectivity index (χ0v) is 9.00. The third-order valence-corrected chi connectivity index (χ3v) is 2.61. The van der Waals surface area contributed by atoms with Gasteiger partial charge in [0.05, 0.1) is 0 Å². The van der Waals surface area contributed by atoms with E-state index in [0.717, 1.165) is 12.2 Å². The summed E-state index contributed by atoms with van der Waals surface area (Å²) in [5.74, 6) is 0.861. The van der Waals surface area contributed by atoms with Crippen LogP contribution in [0.15, 0.2) is 0 Å². The van der Waals surface area contributed by atoms with Crippen LogP contribution in [0, 0.1) is 0 Å². The van der Waals surface area contributed by atoms with Crippen molar-refractivity contribution in [2.45, 2.75) is 31.0 Å². The van der Waals surface area contributed by atoms with Gasteiger partial charge in [0.25, 0.3) is 0 Å². The lowest BCUT2D eigenvalue weighted by atomic mass is 10.2. The summed E-state index contributed by atoms with van der Waals surface area (Å²) in [7, 11) is -0.596. The van der Waals surface area contributed by atoms with Gasteiger partial charge in [-0.1, -0.05) is 29.3 Å². The summed E-state index contributed by atoms with van der Waals surface area (Å²) in [6, 6.07) is 0. The minimum absolute atomic E-state index is 0.596. The van der Waals surface area contributed by atoms with Gasteiger partial charge in [-0.05, 0) is 12.8 Å². The minimum Gasteiger partial charge on any atom is -0.260 e. The molecule has 0 aliphatic heterocycles. The van der Waals surface area contributed by atoms with E-state index < -0.39 is 10.8 Å². The van der Waals surface area contributed by atoms with Crippen LogP contribution in [-0.2, 0) is 10.8 Å². The van der Waals surface area contributed by atoms with Crippen molar-refractivity contribution in [2.24, 2.45) is 0 Å². The average Bonchev–Trinajstić information content (AvgIpc) is 1.79. The predicted molar refractivity (Wildman–Crippen MR) is 51.2 cm³/mol. The fourth-order valence-corrected chi connectivity index (χ4v) is 1.67. The molecule has 0 heterocycles. The zero-order chi connectivity index (χ0) is 7.98. The third kappa shape index (κ3) is 8.63. The van der Waals surface area contributed by atoms with Crippen molar-refractivity contribution in [1.82, 2.24) is 0 Å². The number of unbranched alkanes of at least 4 members (excludes halogenated alkanes) is 1. The van der Waals surface area contributed by atoms with Gasteiger partial charge in [0.15, 0.2) is 0 Å². The second kappa shape index (κ2) is 6.35. The standard InChI is InChI=1S/C7H15BrOS/c1-7(8)5-3-4-6-10(2)9/h7H,3-6H2,1-2H3. The number of hydrogen-bond acceptors (Lipinski definition) is 1. The van der Waals surface area contributed by atoms with Gasteiger partial charge >= 0.3 is 0 Å². The monoisotopic (exact) mass is 226 g/mol. The Morgan fingerprint density at radius 3 is 2.50 bits per heavy atom. The van der Waals surface area contributed by atoms with Crippen LogP contribution in [0.5, 0.6) is 0 Å². The van der Waals surface area contributed by atoms with Gasteiger partial charge in [-0.3, -0.25) is 4.21 Å². The van der Waals surface area contributed by atoms with Crippen molar-refractivity contribution < 1.29 is 4.21 Å². The lowest BCUT2D eigenvalue weighted by Gasteiger charge is -2.00. The van der Waals surface area contributed by atoms with E-state index >= 15 is 0 Å². The SMILES string of the molecule is CC(Br)CCCCS(C)=O. The van der Waals surface area contributed by atoms with Gasteiger partial charge in [-0.15, -0.1) is 0 Å². The molecule has 3 heteroatoms. The minimum atomic E-state index is -0.596. The summed E-state index contributed by atoms with van der Waals surface area (Å²) in [5.41, 5.74) is 0. The Hall–Kier alpha value is 0.630. The molecule has 0 saturated heterocycles. The molecule has 0 aliphatic rings. The lowest BCUT2D eigenvalue weighted by molar-refractivity contribution is 0.675. The Morgan fingerprint density at radius 2 is 2.10 bits per heavy atom. The van der Waals surface area contributed by atoms with E-state index in [2.05, 4.69) is 22.9 Å². The normalized spacial score (nSPS) is 16.7. The maximum absolute atomic E-state index is 10.6. The van der Waals surface area contributed by atoms with Crippen molar-refractivity contribution in [3.05, 3.63) is 0 Å². The molecular weight excluding hydrogens is 212 g/mol. The highest BCUT2D eigenvalue weighted by atomic mass is 79.9. The summed E-state index contributed by atoms with van der Waals surface area (Å²) in [6.45, 7) is 2.14. The summed E-state index contributed by atoms with van der Waals surface area (Å²) < 4.78 is 10.6. The Morgan fingerprint density at radius 1 is 1.50 bits per heavy atom. The first kappa shape index (κ1) is 10.6. The summed E-state index contributed by atoms with van der Waals surface area (Å²) in [6.07, 6.45) is 5.24. The van der Waals surface area contributed by atoms with Crippen LogP contribution in [-0.4, -0.2) is 21.0 Å². The van der Waals surface area contributed by atoms with E-state index in [1.165, 1.54) is 12.8 Å². The molecule has 0 spiro atoms. The maximum atomic E-state index is 10.6. The van der Waals surface area contributed by atoms with Gasteiger partial charge in [0, 0.05) is 27.6 Å². The van der Waals surface area contributed by atoms with E-state index in [9.17, 15) is 4.21 Å². The summed E-state index contributed by atoms with van der Waals surface area (Å²) >= 11 is 3.47. The van der Waals surface area contributed by atoms with Crippen LogP contribution in [0.2, 0.25) is 0 Å².